The number of amides is 1. The number of carbonyl (C=O) groups is 1. The Kier molecular flexibility index (Phi) is 4.70. The number of hydrogen-bond acceptors (Lipinski definition) is 4. The number of hydrogen-bond donors (Lipinski definition) is 2. The van der Waals surface area contributed by atoms with Crippen molar-refractivity contribution in [1.82, 2.24) is 14.7 Å². The average Bonchev–Trinajstić information content (AvgIpc) is 2.81. The Labute approximate surface area is 117 Å². The third-order valence-corrected chi connectivity index (χ3v) is 3.01. The number of aryl methyl sites for hydroxylation is 1. The van der Waals surface area contributed by atoms with Crippen LogP contribution in [0.1, 0.15) is 22.5 Å². The monoisotopic (exact) mass is 277 g/mol. The lowest BCUT2D eigenvalue weighted by atomic mass is 10.2. The van der Waals surface area contributed by atoms with Crippen LogP contribution in [-0.2, 0) is 4.74 Å². The average molecular weight is 277 g/mol. The number of aromatic nitrogens is 2. The molecule has 20 heavy (non-hydrogen) atoms. The van der Waals surface area contributed by atoms with E-state index in [0.29, 0.717) is 18.7 Å². The smallest absolute Gasteiger partial charge is 0.269 e. The molecule has 108 valence electrons. The van der Waals surface area contributed by atoms with Crippen LogP contribution < -0.4 is 5.32 Å². The van der Waals surface area contributed by atoms with Gasteiger partial charge in [-0.3, -0.25) is 9.20 Å². The van der Waals surface area contributed by atoms with E-state index < -0.39 is 6.10 Å². The highest BCUT2D eigenvalue weighted by molar-refractivity contribution is 5.93. The van der Waals surface area contributed by atoms with Gasteiger partial charge in [0.2, 0.25) is 0 Å². The maximum Gasteiger partial charge on any atom is 0.269 e. The van der Waals surface area contributed by atoms with Crippen molar-refractivity contribution in [2.75, 3.05) is 20.3 Å². The van der Waals surface area contributed by atoms with Crippen LogP contribution in [0.4, 0.5) is 0 Å². The molecule has 0 aliphatic rings. The number of aliphatic hydroxyl groups excluding tert-OH is 1. The molecule has 0 bridgehead atoms. The fraction of sp³-hybridized carbons (Fsp3) is 0.429. The lowest BCUT2D eigenvalue weighted by Crippen LogP contribution is -2.29. The lowest BCUT2D eigenvalue weighted by molar-refractivity contribution is 0.0587. The highest BCUT2D eigenvalue weighted by atomic mass is 16.5. The van der Waals surface area contributed by atoms with Crippen molar-refractivity contribution < 1.29 is 14.6 Å². The first-order valence-corrected chi connectivity index (χ1v) is 6.50. The first kappa shape index (κ1) is 14.5. The number of pyridine rings is 1. The number of nitrogens with one attached hydrogen (secondary N) is 1. The second-order valence-corrected chi connectivity index (χ2v) is 4.73. The van der Waals surface area contributed by atoms with Crippen LogP contribution in [0.2, 0.25) is 0 Å². The van der Waals surface area contributed by atoms with Gasteiger partial charge in [-0.05, 0) is 25.0 Å². The number of imidazole rings is 1. The molecule has 0 aliphatic heterocycles. The maximum absolute atomic E-state index is 12.1. The Bertz CT molecular complexity index is 594. The van der Waals surface area contributed by atoms with Crippen molar-refractivity contribution in [3.63, 3.8) is 0 Å². The Morgan fingerprint density at radius 2 is 2.35 bits per heavy atom. The zero-order chi connectivity index (χ0) is 14.5. The SMILES string of the molecule is COCC(O)CCNC(=O)c1cnc2ccc(C)cn12. The molecule has 0 aromatic carbocycles. The van der Waals surface area contributed by atoms with Crippen molar-refractivity contribution in [2.24, 2.45) is 0 Å². The van der Waals surface area contributed by atoms with E-state index in [1.807, 2.05) is 25.3 Å². The standard InChI is InChI=1S/C14H19N3O3/c1-10-3-4-13-16-7-12(17(13)8-10)14(19)15-6-5-11(18)9-20-2/h3-4,7-8,11,18H,5-6,9H2,1-2H3,(H,15,19). The summed E-state index contributed by atoms with van der Waals surface area (Å²) < 4.78 is 6.59. The normalized spacial score (nSPS) is 12.6. The fourth-order valence-electron chi connectivity index (χ4n) is 1.97. The van der Waals surface area contributed by atoms with Gasteiger partial charge in [-0.15, -0.1) is 0 Å². The summed E-state index contributed by atoms with van der Waals surface area (Å²) in [5, 5.41) is 12.3. The quantitative estimate of drug-likeness (QED) is 0.817. The van der Waals surface area contributed by atoms with E-state index in [0.717, 1.165) is 11.2 Å². The van der Waals surface area contributed by atoms with Crippen LogP contribution in [0.25, 0.3) is 5.65 Å². The second kappa shape index (κ2) is 6.49. The predicted molar refractivity (Wildman–Crippen MR) is 74.8 cm³/mol. The van der Waals surface area contributed by atoms with Gasteiger partial charge in [-0.2, -0.15) is 0 Å². The molecule has 2 rings (SSSR count). The zero-order valence-electron chi connectivity index (χ0n) is 11.7. The summed E-state index contributed by atoms with van der Waals surface area (Å²) in [6, 6.07) is 3.82. The molecule has 2 aromatic rings. The first-order chi connectivity index (χ1) is 9.61. The molecular weight excluding hydrogens is 258 g/mol. The molecule has 6 heteroatoms. The minimum Gasteiger partial charge on any atom is -0.391 e. The third-order valence-electron chi connectivity index (χ3n) is 3.01. The van der Waals surface area contributed by atoms with Gasteiger partial charge in [-0.25, -0.2) is 4.98 Å². The van der Waals surface area contributed by atoms with Crippen molar-refractivity contribution in [3.05, 3.63) is 35.8 Å². The van der Waals surface area contributed by atoms with Crippen molar-refractivity contribution in [1.29, 1.82) is 0 Å². The third kappa shape index (κ3) is 3.34. The molecule has 0 aliphatic carbocycles. The van der Waals surface area contributed by atoms with Crippen LogP contribution >= 0.6 is 0 Å². The summed E-state index contributed by atoms with van der Waals surface area (Å²) in [4.78, 5) is 16.3. The van der Waals surface area contributed by atoms with Gasteiger partial charge < -0.3 is 15.2 Å². The maximum atomic E-state index is 12.1. The zero-order valence-corrected chi connectivity index (χ0v) is 11.7. The number of methoxy groups -OCH3 is 1. The van der Waals surface area contributed by atoms with E-state index in [1.54, 1.807) is 10.6 Å². The number of ether oxygens (including phenoxy) is 1. The van der Waals surface area contributed by atoms with Crippen LogP contribution in [0.15, 0.2) is 24.5 Å². The van der Waals surface area contributed by atoms with Gasteiger partial charge in [-0.1, -0.05) is 6.07 Å². The summed E-state index contributed by atoms with van der Waals surface area (Å²) >= 11 is 0. The predicted octanol–water partition coefficient (Wildman–Crippen LogP) is 0.770. The van der Waals surface area contributed by atoms with Crippen LogP contribution in [0.3, 0.4) is 0 Å². The van der Waals surface area contributed by atoms with Crippen molar-refractivity contribution >= 4 is 11.6 Å². The number of carbonyl (C=O) groups excluding carboxylic acids is 1. The fourth-order valence-corrected chi connectivity index (χ4v) is 1.97. The van der Waals surface area contributed by atoms with Gasteiger partial charge in [0.1, 0.15) is 11.3 Å². The van der Waals surface area contributed by atoms with Crippen LogP contribution in [0, 0.1) is 6.92 Å². The second-order valence-electron chi connectivity index (χ2n) is 4.73. The van der Waals surface area contributed by atoms with Gasteiger partial charge in [0.15, 0.2) is 0 Å². The molecule has 2 heterocycles. The number of rotatable bonds is 6. The molecule has 0 saturated heterocycles. The molecule has 1 amide bonds. The van der Waals surface area contributed by atoms with E-state index >= 15 is 0 Å². The molecule has 2 aromatic heterocycles. The van der Waals surface area contributed by atoms with Crippen LogP contribution in [0.5, 0.6) is 0 Å². The van der Waals surface area contributed by atoms with Gasteiger partial charge in [0, 0.05) is 19.9 Å². The molecule has 2 N–H and O–H groups in total. The first-order valence-electron chi connectivity index (χ1n) is 6.50. The molecule has 0 radical (unpaired) electrons. The van der Waals surface area contributed by atoms with Crippen molar-refractivity contribution in [2.45, 2.75) is 19.4 Å². The molecule has 1 atom stereocenters. The Morgan fingerprint density at radius 1 is 1.55 bits per heavy atom. The number of nitrogens with zero attached hydrogens (tertiary/aromatic N) is 2. The Morgan fingerprint density at radius 3 is 3.10 bits per heavy atom. The van der Waals surface area contributed by atoms with Crippen LogP contribution in [-0.4, -0.2) is 46.8 Å². The minimum absolute atomic E-state index is 0.201. The Balaban J connectivity index is 1.99. The molecule has 6 nitrogen and oxygen atoms in total. The summed E-state index contributed by atoms with van der Waals surface area (Å²) in [7, 11) is 1.53. The minimum atomic E-state index is -0.565. The molecule has 0 saturated carbocycles. The van der Waals surface area contributed by atoms with E-state index in [9.17, 15) is 9.90 Å². The van der Waals surface area contributed by atoms with E-state index in [-0.39, 0.29) is 12.5 Å². The van der Waals surface area contributed by atoms with Gasteiger partial charge >= 0.3 is 0 Å². The van der Waals surface area contributed by atoms with Gasteiger partial charge in [0.25, 0.3) is 5.91 Å². The Hall–Kier alpha value is -1.92. The van der Waals surface area contributed by atoms with Crippen molar-refractivity contribution in [3.8, 4) is 0 Å². The molecule has 1 unspecified atom stereocenters. The molecule has 0 spiro atoms. The number of fused-ring (bicyclic) bond motifs is 1. The summed E-state index contributed by atoms with van der Waals surface area (Å²) in [5.41, 5.74) is 2.28. The highest BCUT2D eigenvalue weighted by Gasteiger charge is 2.12. The lowest BCUT2D eigenvalue weighted by Gasteiger charge is -2.10. The largest absolute Gasteiger partial charge is 0.391 e. The summed E-state index contributed by atoms with van der Waals surface area (Å²) in [6.07, 6.45) is 3.31. The number of aliphatic hydroxyl groups is 1. The van der Waals surface area contributed by atoms with E-state index in [1.165, 1.54) is 7.11 Å². The highest BCUT2D eigenvalue weighted by Crippen LogP contribution is 2.08. The summed E-state index contributed by atoms with van der Waals surface area (Å²) in [6.45, 7) is 2.62. The molecule has 0 fully saturated rings. The van der Waals surface area contributed by atoms with E-state index in [2.05, 4.69) is 10.3 Å². The van der Waals surface area contributed by atoms with E-state index in [4.69, 9.17) is 4.74 Å². The summed E-state index contributed by atoms with van der Waals surface area (Å²) in [5.74, 6) is -0.201. The molecular formula is C14H19N3O3. The van der Waals surface area contributed by atoms with Gasteiger partial charge in [0.05, 0.1) is 18.9 Å². The topological polar surface area (TPSA) is 75.9 Å².